The zero-order valence-corrected chi connectivity index (χ0v) is 25.4. The summed E-state index contributed by atoms with van der Waals surface area (Å²) in [6, 6.07) is 18.8. The van der Waals surface area contributed by atoms with Gasteiger partial charge in [-0.3, -0.25) is 23.7 Å². The lowest BCUT2D eigenvalue weighted by Gasteiger charge is -2.30. The first kappa shape index (κ1) is 29.4. The lowest BCUT2D eigenvalue weighted by molar-refractivity contribution is -0.137. The van der Waals surface area contributed by atoms with Crippen molar-refractivity contribution in [1.82, 2.24) is 4.57 Å². The van der Waals surface area contributed by atoms with Crippen LogP contribution in [0.3, 0.4) is 0 Å². The van der Waals surface area contributed by atoms with Crippen LogP contribution in [0.4, 0.5) is 24.5 Å². The van der Waals surface area contributed by atoms with Gasteiger partial charge in [0, 0.05) is 15.3 Å². The van der Waals surface area contributed by atoms with Crippen LogP contribution in [0.25, 0.3) is 0 Å². The van der Waals surface area contributed by atoms with Crippen molar-refractivity contribution in [2.45, 2.75) is 35.8 Å². The van der Waals surface area contributed by atoms with Crippen LogP contribution < -0.4 is 15.1 Å². The number of fused-ring (bicyclic) bond motifs is 2. The van der Waals surface area contributed by atoms with E-state index in [9.17, 15) is 32.3 Å². The van der Waals surface area contributed by atoms with Gasteiger partial charge in [-0.05, 0) is 48.9 Å². The lowest BCUT2D eigenvalue weighted by Crippen LogP contribution is -2.33. The summed E-state index contributed by atoms with van der Waals surface area (Å²) < 4.78 is 42.4. The Morgan fingerprint density at radius 2 is 1.70 bits per heavy atom. The van der Waals surface area contributed by atoms with E-state index >= 15 is 0 Å². The number of hydrogen-bond donors (Lipinski definition) is 1. The van der Waals surface area contributed by atoms with Crippen molar-refractivity contribution in [2.24, 2.45) is 5.92 Å². The van der Waals surface area contributed by atoms with Crippen molar-refractivity contribution >= 4 is 68.1 Å². The molecule has 2 aliphatic heterocycles. The number of para-hydroxylation sites is 1. The molecule has 2 unspecified atom stereocenters. The molecule has 0 aliphatic carbocycles. The molecule has 6 rings (SSSR count). The summed E-state index contributed by atoms with van der Waals surface area (Å²) in [6.07, 6.45) is -4.69. The van der Waals surface area contributed by atoms with Crippen LogP contribution in [0.1, 0.15) is 27.5 Å². The number of hydrogen-bond acceptors (Lipinski definition) is 6. The standard InChI is InChI=1S/C30H21BrF3N3O4S2/c1-15-9-11-18(12-10-15)37-26(39)23-22(16-5-4-6-17(31)13-16)25-28(42-24(23)27(37)40)36(29(41)43-25)14-21(38)35-20-8-3-2-7-19(20)30(32,33)34/h2-13,22-24H,14H2,1H3,(H,35,38)/t22-,23?,24?/m1/s1. The third-order valence-electron chi connectivity index (χ3n) is 7.36. The van der Waals surface area contributed by atoms with Crippen LogP contribution in [0.5, 0.6) is 0 Å². The number of nitrogens with one attached hydrogen (secondary N) is 1. The predicted octanol–water partition coefficient (Wildman–Crippen LogP) is 6.43. The molecule has 2 aliphatic rings. The maximum Gasteiger partial charge on any atom is 0.418 e. The molecule has 220 valence electrons. The molecule has 43 heavy (non-hydrogen) atoms. The Morgan fingerprint density at radius 1 is 0.977 bits per heavy atom. The third-order valence-corrected chi connectivity index (χ3v) is 10.5. The molecule has 3 heterocycles. The van der Waals surface area contributed by atoms with Crippen LogP contribution in [-0.2, 0) is 27.1 Å². The van der Waals surface area contributed by atoms with E-state index in [1.54, 1.807) is 30.3 Å². The summed E-state index contributed by atoms with van der Waals surface area (Å²) in [4.78, 5) is 55.2. The van der Waals surface area contributed by atoms with Gasteiger partial charge in [-0.25, -0.2) is 4.90 Å². The summed E-state index contributed by atoms with van der Waals surface area (Å²) in [6.45, 7) is 1.32. The second-order valence-electron chi connectivity index (χ2n) is 10.2. The average Bonchev–Trinajstić information content (AvgIpc) is 3.39. The summed E-state index contributed by atoms with van der Waals surface area (Å²) in [7, 11) is 0. The smallest absolute Gasteiger partial charge is 0.324 e. The van der Waals surface area contributed by atoms with Crippen molar-refractivity contribution in [3.8, 4) is 0 Å². The number of benzene rings is 3. The molecule has 7 nitrogen and oxygen atoms in total. The van der Waals surface area contributed by atoms with Crippen LogP contribution in [0.15, 0.2) is 87.1 Å². The number of halogens is 4. The van der Waals surface area contributed by atoms with Crippen LogP contribution in [-0.4, -0.2) is 27.5 Å². The molecule has 4 aromatic rings. The number of aromatic nitrogens is 1. The molecule has 0 saturated carbocycles. The highest BCUT2D eigenvalue weighted by Gasteiger charge is 2.56. The fourth-order valence-corrected chi connectivity index (χ4v) is 8.63. The number of thioether (sulfide) groups is 1. The lowest BCUT2D eigenvalue weighted by atomic mass is 9.83. The summed E-state index contributed by atoms with van der Waals surface area (Å²) in [5, 5.41) is 1.73. The zero-order valence-electron chi connectivity index (χ0n) is 22.2. The minimum atomic E-state index is -4.69. The monoisotopic (exact) mass is 687 g/mol. The Bertz CT molecular complexity index is 1840. The van der Waals surface area contributed by atoms with Gasteiger partial charge in [0.05, 0.1) is 27.9 Å². The van der Waals surface area contributed by atoms with Crippen LogP contribution >= 0.6 is 39.0 Å². The van der Waals surface area contributed by atoms with Gasteiger partial charge in [0.2, 0.25) is 17.7 Å². The van der Waals surface area contributed by atoms with E-state index in [4.69, 9.17) is 0 Å². The SMILES string of the molecule is Cc1ccc(N2C(=O)C3Sc4c(sc(=O)n4CC(=O)Nc4ccccc4C(F)(F)F)[C@H](c4cccc(Br)c4)C3C2=O)cc1. The highest BCUT2D eigenvalue weighted by molar-refractivity contribution is 9.10. The van der Waals surface area contributed by atoms with E-state index < -0.39 is 63.7 Å². The topological polar surface area (TPSA) is 88.5 Å². The van der Waals surface area contributed by atoms with Crippen LogP contribution in [0.2, 0.25) is 0 Å². The number of nitrogens with zero attached hydrogens (tertiary/aromatic N) is 2. The molecule has 1 saturated heterocycles. The number of amides is 3. The predicted molar refractivity (Wildman–Crippen MR) is 161 cm³/mol. The van der Waals surface area contributed by atoms with Gasteiger partial charge in [-0.1, -0.05) is 81.0 Å². The quantitative estimate of drug-likeness (QED) is 0.244. The van der Waals surface area contributed by atoms with Crippen molar-refractivity contribution in [1.29, 1.82) is 0 Å². The number of rotatable bonds is 5. The van der Waals surface area contributed by atoms with Gasteiger partial charge in [-0.15, -0.1) is 0 Å². The average molecular weight is 689 g/mol. The normalized spacial score (nSPS) is 19.7. The van der Waals surface area contributed by atoms with Crippen molar-refractivity contribution < 1.29 is 27.6 Å². The molecule has 0 bridgehead atoms. The molecule has 1 fully saturated rings. The molecule has 13 heteroatoms. The van der Waals surface area contributed by atoms with Crippen molar-refractivity contribution in [2.75, 3.05) is 10.2 Å². The molecule has 0 spiro atoms. The Hall–Kier alpha value is -3.68. The maximum atomic E-state index is 13.9. The third kappa shape index (κ3) is 5.34. The molecule has 0 radical (unpaired) electrons. The number of thiazole rings is 1. The van der Waals surface area contributed by atoms with Gasteiger partial charge in [0.15, 0.2) is 0 Å². The molecule has 3 aromatic carbocycles. The highest BCUT2D eigenvalue weighted by Crippen LogP contribution is 2.54. The molecule has 1 aromatic heterocycles. The first-order valence-electron chi connectivity index (χ1n) is 13.0. The number of imide groups is 1. The fourth-order valence-electron chi connectivity index (χ4n) is 5.44. The minimum Gasteiger partial charge on any atom is -0.324 e. The first-order valence-corrected chi connectivity index (χ1v) is 15.5. The van der Waals surface area contributed by atoms with E-state index in [0.717, 1.165) is 45.3 Å². The second kappa shape index (κ2) is 11.1. The van der Waals surface area contributed by atoms with Crippen molar-refractivity contribution in [3.63, 3.8) is 0 Å². The number of carbonyl (C=O) groups excluding carboxylic acids is 3. The Labute approximate surface area is 259 Å². The Kier molecular flexibility index (Phi) is 7.59. The van der Waals surface area contributed by atoms with Gasteiger partial charge < -0.3 is 5.32 Å². The fraction of sp³-hybridized carbons (Fsp3) is 0.200. The summed E-state index contributed by atoms with van der Waals surface area (Å²) >= 11 is 5.36. The van der Waals surface area contributed by atoms with Gasteiger partial charge in [0.25, 0.3) is 0 Å². The van der Waals surface area contributed by atoms with E-state index in [1.165, 1.54) is 21.6 Å². The van der Waals surface area contributed by atoms with Crippen molar-refractivity contribution in [3.05, 3.63) is 109 Å². The van der Waals surface area contributed by atoms with E-state index in [2.05, 4.69) is 21.2 Å². The highest BCUT2D eigenvalue weighted by atomic mass is 79.9. The van der Waals surface area contributed by atoms with Gasteiger partial charge >= 0.3 is 11.0 Å². The Morgan fingerprint density at radius 3 is 2.40 bits per heavy atom. The van der Waals surface area contributed by atoms with E-state index in [1.807, 2.05) is 25.1 Å². The van der Waals surface area contributed by atoms with E-state index in [-0.39, 0.29) is 0 Å². The zero-order chi connectivity index (χ0) is 30.6. The van der Waals surface area contributed by atoms with Gasteiger partial charge in [0.1, 0.15) is 11.8 Å². The molecule has 1 N–H and O–H groups in total. The molecule has 3 amide bonds. The van der Waals surface area contributed by atoms with E-state index in [0.29, 0.717) is 21.2 Å². The summed E-state index contributed by atoms with van der Waals surface area (Å²) in [5.41, 5.74) is 0.661. The maximum absolute atomic E-state index is 13.9. The summed E-state index contributed by atoms with van der Waals surface area (Å²) in [5.74, 6) is -3.16. The number of alkyl halides is 3. The Balaban J connectivity index is 1.40. The van der Waals surface area contributed by atoms with Gasteiger partial charge in [-0.2, -0.15) is 13.2 Å². The van der Waals surface area contributed by atoms with Crippen LogP contribution in [0, 0.1) is 12.8 Å². The molecular formula is C30H21BrF3N3O4S2. The number of aryl methyl sites for hydroxylation is 1. The first-order chi connectivity index (χ1) is 20.4. The molecular weight excluding hydrogens is 667 g/mol. The second-order valence-corrected chi connectivity index (χ2v) is 13.2. The minimum absolute atomic E-state index is 0.340. The molecule has 3 atom stereocenters. The number of anilines is 2. The largest absolute Gasteiger partial charge is 0.418 e. The number of carbonyl (C=O) groups is 3.